The number of aryl methyl sites for hydroxylation is 2. The van der Waals surface area contributed by atoms with Gasteiger partial charge in [-0.05, 0) is 56.2 Å². The number of nitrogens with zero attached hydrogens (tertiary/aromatic N) is 1. The summed E-state index contributed by atoms with van der Waals surface area (Å²) in [5.74, 6) is 0.320. The van der Waals surface area contributed by atoms with E-state index in [1.807, 2.05) is 37.3 Å². The molecule has 5 nitrogen and oxygen atoms in total. The van der Waals surface area contributed by atoms with Crippen molar-refractivity contribution in [2.24, 2.45) is 0 Å². The Hall–Kier alpha value is -2.40. The second kappa shape index (κ2) is 11.7. The molecule has 1 unspecified atom stereocenters. The minimum atomic E-state index is -0.759. The van der Waals surface area contributed by atoms with Crippen LogP contribution in [0.2, 0.25) is 0 Å². The number of anilines is 1. The molecule has 0 spiro atoms. The number of aromatic nitrogens is 1. The highest BCUT2D eigenvalue weighted by Crippen LogP contribution is 2.21. The van der Waals surface area contributed by atoms with Crippen molar-refractivity contribution in [1.29, 1.82) is 0 Å². The molecule has 0 aliphatic carbocycles. The Balaban J connectivity index is 1.31. The average Bonchev–Trinajstić information content (AvgIpc) is 2.77. The lowest BCUT2D eigenvalue weighted by Gasteiger charge is -2.20. The fourth-order valence-corrected chi connectivity index (χ4v) is 4.11. The average molecular weight is 410 g/mol. The number of pyridine rings is 1. The van der Waals surface area contributed by atoms with Crippen LogP contribution in [0.25, 0.3) is 0 Å². The van der Waals surface area contributed by atoms with Crippen LogP contribution in [0.1, 0.15) is 74.7 Å². The van der Waals surface area contributed by atoms with Gasteiger partial charge in [-0.1, -0.05) is 62.1 Å². The van der Waals surface area contributed by atoms with E-state index in [-0.39, 0.29) is 6.04 Å². The number of carboxylic acid groups (broad SMARTS) is 1. The molecule has 162 valence electrons. The summed E-state index contributed by atoms with van der Waals surface area (Å²) in [6, 6.07) is 13.9. The van der Waals surface area contributed by atoms with E-state index in [0.29, 0.717) is 6.42 Å². The Labute approximate surface area is 180 Å². The number of benzene rings is 1. The van der Waals surface area contributed by atoms with Gasteiger partial charge in [0.05, 0.1) is 0 Å². The molecule has 0 saturated carbocycles. The van der Waals surface area contributed by atoms with E-state index in [9.17, 15) is 9.90 Å². The molecule has 3 N–H and O–H groups in total. The number of unbranched alkanes of at least 4 members (excludes halogenated alkanes) is 4. The fraction of sp³-hybridized carbons (Fsp3) is 0.520. The summed E-state index contributed by atoms with van der Waals surface area (Å²) in [5.41, 5.74) is 3.64. The van der Waals surface area contributed by atoms with Crippen molar-refractivity contribution in [2.45, 2.75) is 76.8 Å². The summed E-state index contributed by atoms with van der Waals surface area (Å²) in [7, 11) is 0. The number of hydrogen-bond donors (Lipinski definition) is 3. The third-order valence-electron chi connectivity index (χ3n) is 5.93. The minimum Gasteiger partial charge on any atom is -0.480 e. The number of fused-ring (bicyclic) bond motifs is 1. The molecule has 2 heterocycles. The molecule has 1 aliphatic rings. The fourth-order valence-electron chi connectivity index (χ4n) is 4.11. The molecule has 3 rings (SSSR count). The molecule has 0 radical (unpaired) electrons. The molecule has 30 heavy (non-hydrogen) atoms. The third kappa shape index (κ3) is 6.84. The van der Waals surface area contributed by atoms with Gasteiger partial charge < -0.3 is 10.4 Å². The van der Waals surface area contributed by atoms with Crippen LogP contribution in [0.5, 0.6) is 0 Å². The van der Waals surface area contributed by atoms with Crippen LogP contribution >= 0.6 is 0 Å². The maximum atomic E-state index is 11.6. The van der Waals surface area contributed by atoms with E-state index < -0.39 is 12.0 Å². The highest BCUT2D eigenvalue weighted by atomic mass is 16.4. The Morgan fingerprint density at radius 1 is 1.10 bits per heavy atom. The van der Waals surface area contributed by atoms with Crippen LogP contribution in [0.15, 0.2) is 42.5 Å². The van der Waals surface area contributed by atoms with Gasteiger partial charge in [0.2, 0.25) is 0 Å². The zero-order chi connectivity index (χ0) is 21.2. The quantitative estimate of drug-likeness (QED) is 0.424. The van der Waals surface area contributed by atoms with Crippen molar-refractivity contribution >= 4 is 11.8 Å². The summed E-state index contributed by atoms with van der Waals surface area (Å²) < 4.78 is 0. The Bertz CT molecular complexity index is 794. The van der Waals surface area contributed by atoms with Crippen molar-refractivity contribution < 1.29 is 9.90 Å². The highest BCUT2D eigenvalue weighted by Gasteiger charge is 2.19. The van der Waals surface area contributed by atoms with E-state index in [2.05, 4.69) is 22.8 Å². The zero-order valence-electron chi connectivity index (χ0n) is 18.1. The second-order valence-corrected chi connectivity index (χ2v) is 8.34. The normalized spacial score (nSPS) is 15.1. The van der Waals surface area contributed by atoms with Gasteiger partial charge in [-0.15, -0.1) is 0 Å². The topological polar surface area (TPSA) is 74.2 Å². The van der Waals surface area contributed by atoms with E-state index in [4.69, 9.17) is 4.98 Å². The van der Waals surface area contributed by atoms with Gasteiger partial charge in [-0.25, -0.2) is 4.98 Å². The van der Waals surface area contributed by atoms with Gasteiger partial charge >= 0.3 is 5.97 Å². The first-order chi connectivity index (χ1) is 14.6. The Kier molecular flexibility index (Phi) is 8.69. The van der Waals surface area contributed by atoms with Gasteiger partial charge in [0.25, 0.3) is 0 Å². The smallest absolute Gasteiger partial charge is 0.320 e. The molecular formula is C25H35N3O2. The summed E-state index contributed by atoms with van der Waals surface area (Å²) in [4.78, 5) is 16.4. The molecule has 2 atom stereocenters. The first-order valence-electron chi connectivity index (χ1n) is 11.4. The molecule has 1 aliphatic heterocycles. The number of carbonyl (C=O) groups is 1. The molecule has 0 bridgehead atoms. The number of carboxylic acids is 1. The van der Waals surface area contributed by atoms with Gasteiger partial charge in [-0.2, -0.15) is 0 Å². The summed E-state index contributed by atoms with van der Waals surface area (Å²) in [5, 5.41) is 16.2. The lowest BCUT2D eigenvalue weighted by atomic mass is 10.0. The predicted molar refractivity (Wildman–Crippen MR) is 122 cm³/mol. The highest BCUT2D eigenvalue weighted by molar-refractivity contribution is 5.73. The number of aliphatic carboxylic acids is 1. The van der Waals surface area contributed by atoms with Crippen LogP contribution in [-0.2, 0) is 17.6 Å². The van der Waals surface area contributed by atoms with Crippen molar-refractivity contribution in [3.63, 3.8) is 0 Å². The SMILES string of the molecule is CC(N[C@@H](CCCCCCCc1ccc2c(n1)NCCC2)C(=O)O)c1ccccc1. The lowest BCUT2D eigenvalue weighted by molar-refractivity contribution is -0.139. The zero-order valence-corrected chi connectivity index (χ0v) is 18.1. The van der Waals surface area contributed by atoms with Gasteiger partial charge in [0.1, 0.15) is 11.9 Å². The standard InChI is InChI=1S/C25H35N3O2/c1-19(20-11-6-5-7-12-20)27-23(25(29)30)15-9-4-2-3-8-14-22-17-16-21-13-10-18-26-24(21)28-22/h5-7,11-12,16-17,19,23,27H,2-4,8-10,13-15,18H2,1H3,(H,26,28)(H,29,30)/t19?,23-/m0/s1. The monoisotopic (exact) mass is 409 g/mol. The number of hydrogen-bond acceptors (Lipinski definition) is 4. The number of rotatable bonds is 12. The van der Waals surface area contributed by atoms with Gasteiger partial charge in [0.15, 0.2) is 0 Å². The Morgan fingerprint density at radius 3 is 2.67 bits per heavy atom. The van der Waals surface area contributed by atoms with Crippen LogP contribution < -0.4 is 10.6 Å². The van der Waals surface area contributed by atoms with Crippen LogP contribution in [0.3, 0.4) is 0 Å². The van der Waals surface area contributed by atoms with E-state index in [1.165, 1.54) is 17.7 Å². The maximum absolute atomic E-state index is 11.6. The molecule has 5 heteroatoms. The van der Waals surface area contributed by atoms with Crippen molar-refractivity contribution in [3.05, 3.63) is 59.3 Å². The van der Waals surface area contributed by atoms with Crippen molar-refractivity contribution in [2.75, 3.05) is 11.9 Å². The second-order valence-electron chi connectivity index (χ2n) is 8.34. The minimum absolute atomic E-state index is 0.0332. The number of nitrogens with one attached hydrogen (secondary N) is 2. The van der Waals surface area contributed by atoms with Gasteiger partial charge in [0, 0.05) is 18.3 Å². The predicted octanol–water partition coefficient (Wildman–Crippen LogP) is 5.13. The molecule has 0 fully saturated rings. The van der Waals surface area contributed by atoms with Crippen molar-refractivity contribution in [3.8, 4) is 0 Å². The Morgan fingerprint density at radius 2 is 1.87 bits per heavy atom. The first-order valence-corrected chi connectivity index (χ1v) is 11.4. The molecular weight excluding hydrogens is 374 g/mol. The molecule has 2 aromatic rings. The van der Waals surface area contributed by atoms with Crippen LogP contribution in [-0.4, -0.2) is 28.6 Å². The van der Waals surface area contributed by atoms with E-state index in [0.717, 1.165) is 62.9 Å². The summed E-state index contributed by atoms with van der Waals surface area (Å²) in [6.07, 6.45) is 9.46. The molecule has 1 aromatic carbocycles. The van der Waals surface area contributed by atoms with Crippen LogP contribution in [0, 0.1) is 0 Å². The van der Waals surface area contributed by atoms with E-state index in [1.54, 1.807) is 0 Å². The first kappa shape index (κ1) is 22.3. The third-order valence-corrected chi connectivity index (χ3v) is 5.93. The molecule has 0 saturated heterocycles. The van der Waals surface area contributed by atoms with Crippen LogP contribution in [0.4, 0.5) is 5.82 Å². The van der Waals surface area contributed by atoms with Gasteiger partial charge in [-0.3, -0.25) is 10.1 Å². The molecule has 1 aromatic heterocycles. The maximum Gasteiger partial charge on any atom is 0.320 e. The summed E-state index contributed by atoms with van der Waals surface area (Å²) in [6.45, 7) is 3.05. The largest absolute Gasteiger partial charge is 0.480 e. The summed E-state index contributed by atoms with van der Waals surface area (Å²) >= 11 is 0. The molecule has 0 amide bonds. The van der Waals surface area contributed by atoms with E-state index >= 15 is 0 Å². The lowest BCUT2D eigenvalue weighted by Crippen LogP contribution is -2.38. The van der Waals surface area contributed by atoms with Crippen molar-refractivity contribution in [1.82, 2.24) is 10.3 Å².